The zero-order chi connectivity index (χ0) is 10.8. The fourth-order valence-corrected chi connectivity index (χ4v) is 1.84. The third kappa shape index (κ3) is 2.08. The molecule has 0 spiro atoms. The van der Waals surface area contributed by atoms with Gasteiger partial charge in [-0.3, -0.25) is 4.99 Å². The lowest BCUT2D eigenvalue weighted by Crippen LogP contribution is -2.39. The van der Waals surface area contributed by atoms with Gasteiger partial charge in [0.25, 0.3) is 0 Å². The third-order valence-corrected chi connectivity index (χ3v) is 2.57. The fraction of sp³-hybridized carbons (Fsp3) is 0.545. The first-order chi connectivity index (χ1) is 6.51. The number of halogens is 2. The van der Waals surface area contributed by atoms with Crippen molar-refractivity contribution >= 4 is 5.97 Å². The van der Waals surface area contributed by atoms with Crippen LogP contribution >= 0.6 is 0 Å². The molecule has 0 saturated heterocycles. The van der Waals surface area contributed by atoms with Crippen LogP contribution in [0.5, 0.6) is 0 Å². The van der Waals surface area contributed by atoms with E-state index in [2.05, 4.69) is 11.6 Å². The lowest BCUT2D eigenvalue weighted by atomic mass is 9.69. The summed E-state index contributed by atoms with van der Waals surface area (Å²) in [5, 5.41) is 0. The topological polar surface area (TPSA) is 12.4 Å². The van der Waals surface area contributed by atoms with Gasteiger partial charge in [-0.05, 0) is 30.4 Å². The van der Waals surface area contributed by atoms with E-state index in [9.17, 15) is 8.78 Å². The van der Waals surface area contributed by atoms with Crippen LogP contribution in [0.2, 0.25) is 0 Å². The number of alkyl halides is 1. The summed E-state index contributed by atoms with van der Waals surface area (Å²) in [6, 6.07) is 0. The molecule has 0 aliphatic heterocycles. The minimum atomic E-state index is -1.39. The molecule has 0 unspecified atom stereocenters. The lowest BCUT2D eigenvalue weighted by Gasteiger charge is -2.40. The first kappa shape index (κ1) is 11.1. The smallest absolute Gasteiger partial charge is 0.208 e. The molecule has 1 rings (SSSR count). The molecule has 1 fully saturated rings. The maximum atomic E-state index is 14.0. The van der Waals surface area contributed by atoms with Crippen molar-refractivity contribution in [3.8, 4) is 0 Å². The highest BCUT2D eigenvalue weighted by Gasteiger charge is 2.44. The monoisotopic (exact) mass is 199 g/mol. The molecule has 1 saturated carbocycles. The molecule has 0 aromatic rings. The van der Waals surface area contributed by atoms with Gasteiger partial charge in [0.2, 0.25) is 5.97 Å². The Labute approximate surface area is 83.2 Å². The molecule has 14 heavy (non-hydrogen) atoms. The van der Waals surface area contributed by atoms with Crippen LogP contribution in [0.4, 0.5) is 8.78 Å². The van der Waals surface area contributed by atoms with E-state index in [0.717, 1.165) is 6.08 Å². The predicted molar refractivity (Wildman–Crippen MR) is 55.0 cm³/mol. The predicted octanol–water partition coefficient (Wildman–Crippen LogP) is 3.23. The highest BCUT2D eigenvalue weighted by molar-refractivity contribution is 5.88. The highest BCUT2D eigenvalue weighted by Crippen LogP contribution is 2.46. The Morgan fingerprint density at radius 1 is 1.57 bits per heavy atom. The third-order valence-electron chi connectivity index (χ3n) is 2.57. The van der Waals surface area contributed by atoms with E-state index in [1.165, 1.54) is 13.1 Å². The molecule has 0 heterocycles. The average Bonchev–Trinajstić information content (AvgIpc) is 2.11. The van der Waals surface area contributed by atoms with Crippen molar-refractivity contribution in [1.29, 1.82) is 0 Å². The van der Waals surface area contributed by atoms with Crippen molar-refractivity contribution in [1.82, 2.24) is 0 Å². The van der Waals surface area contributed by atoms with Crippen molar-refractivity contribution in [3.63, 3.8) is 0 Å². The minimum absolute atomic E-state index is 0.304. The molecule has 78 valence electrons. The van der Waals surface area contributed by atoms with Crippen LogP contribution < -0.4 is 0 Å². The number of allylic oxidation sites excluding steroid dienone is 3. The van der Waals surface area contributed by atoms with E-state index in [-0.39, 0.29) is 0 Å². The highest BCUT2D eigenvalue weighted by atomic mass is 19.1. The van der Waals surface area contributed by atoms with Gasteiger partial charge in [-0.1, -0.05) is 19.6 Å². The van der Waals surface area contributed by atoms with Crippen molar-refractivity contribution in [2.75, 3.05) is 7.05 Å². The molecule has 0 aromatic heterocycles. The first-order valence-corrected chi connectivity index (χ1v) is 4.67. The van der Waals surface area contributed by atoms with E-state index in [1.54, 1.807) is 0 Å². The van der Waals surface area contributed by atoms with Crippen LogP contribution in [-0.4, -0.2) is 18.7 Å². The second kappa shape index (κ2) is 4.03. The normalized spacial score (nSPS) is 33.9. The van der Waals surface area contributed by atoms with Gasteiger partial charge in [0.05, 0.1) is 0 Å². The standard InChI is InChI=1S/C11H15F2N/c1-4-9(5-10(12)14-3)11(13)6-8(2)7-11/h4-5,8H,1,6-7H2,2-3H3/b9-5+,14-10?. The Morgan fingerprint density at radius 3 is 2.50 bits per heavy atom. The number of hydrogen-bond donors (Lipinski definition) is 0. The summed E-state index contributed by atoms with van der Waals surface area (Å²) in [7, 11) is 1.33. The Hall–Kier alpha value is -0.990. The van der Waals surface area contributed by atoms with Crippen LogP contribution in [-0.2, 0) is 0 Å². The second-order valence-corrected chi connectivity index (χ2v) is 3.83. The SMILES string of the molecule is C=C/C(=C\C(F)=NC)C1(F)CC(C)C1. The number of aliphatic imine (C=N–C) groups is 1. The largest absolute Gasteiger partial charge is 0.261 e. The van der Waals surface area contributed by atoms with Gasteiger partial charge in [0.1, 0.15) is 5.67 Å². The first-order valence-electron chi connectivity index (χ1n) is 4.67. The Kier molecular flexibility index (Phi) is 3.19. The van der Waals surface area contributed by atoms with Gasteiger partial charge in [0, 0.05) is 7.05 Å². The molecule has 3 heteroatoms. The van der Waals surface area contributed by atoms with Gasteiger partial charge in [-0.2, -0.15) is 4.39 Å². The number of hydrogen-bond acceptors (Lipinski definition) is 1. The fourth-order valence-electron chi connectivity index (χ4n) is 1.84. The molecule has 1 nitrogen and oxygen atoms in total. The maximum absolute atomic E-state index is 14.0. The van der Waals surface area contributed by atoms with Crippen LogP contribution in [0.1, 0.15) is 19.8 Å². The lowest BCUT2D eigenvalue weighted by molar-refractivity contribution is 0.0556. The van der Waals surface area contributed by atoms with Crippen LogP contribution in [0.25, 0.3) is 0 Å². The number of rotatable bonds is 3. The van der Waals surface area contributed by atoms with Crippen LogP contribution in [0.3, 0.4) is 0 Å². The van der Waals surface area contributed by atoms with Gasteiger partial charge >= 0.3 is 0 Å². The molecular formula is C11H15F2N. The Bertz CT molecular complexity index is 286. The van der Waals surface area contributed by atoms with Gasteiger partial charge in [-0.25, -0.2) is 4.39 Å². The summed E-state index contributed by atoms with van der Waals surface area (Å²) in [6.45, 7) is 5.47. The summed E-state index contributed by atoms with van der Waals surface area (Å²) in [6.07, 6.45) is 3.39. The van der Waals surface area contributed by atoms with E-state index < -0.39 is 11.6 Å². The summed E-state index contributed by atoms with van der Waals surface area (Å²) < 4.78 is 26.8. The van der Waals surface area contributed by atoms with E-state index in [1.807, 2.05) is 6.92 Å². The van der Waals surface area contributed by atoms with Gasteiger partial charge in [-0.15, -0.1) is 0 Å². The van der Waals surface area contributed by atoms with Crippen molar-refractivity contribution in [3.05, 3.63) is 24.3 Å². The molecule has 0 atom stereocenters. The second-order valence-electron chi connectivity index (χ2n) is 3.83. The van der Waals surface area contributed by atoms with E-state index >= 15 is 0 Å². The quantitative estimate of drug-likeness (QED) is 0.488. The molecule has 0 bridgehead atoms. The summed E-state index contributed by atoms with van der Waals surface area (Å²) in [5.41, 5.74) is -1.08. The van der Waals surface area contributed by atoms with Crippen molar-refractivity contribution < 1.29 is 8.78 Å². The number of nitrogens with zero attached hydrogens (tertiary/aromatic N) is 1. The van der Waals surface area contributed by atoms with Gasteiger partial charge < -0.3 is 0 Å². The van der Waals surface area contributed by atoms with Crippen molar-refractivity contribution in [2.45, 2.75) is 25.4 Å². The van der Waals surface area contributed by atoms with E-state index in [0.29, 0.717) is 24.3 Å². The van der Waals surface area contributed by atoms with Crippen LogP contribution in [0.15, 0.2) is 29.3 Å². The summed E-state index contributed by atoms with van der Waals surface area (Å²) in [5.74, 6) is -0.290. The molecule has 1 aliphatic carbocycles. The van der Waals surface area contributed by atoms with Crippen LogP contribution in [0, 0.1) is 5.92 Å². The Balaban J connectivity index is 2.82. The molecule has 0 aromatic carbocycles. The molecule has 0 N–H and O–H groups in total. The van der Waals surface area contributed by atoms with Gasteiger partial charge in [0.15, 0.2) is 0 Å². The Morgan fingerprint density at radius 2 is 2.14 bits per heavy atom. The summed E-state index contributed by atoms with van der Waals surface area (Å²) in [4.78, 5) is 3.33. The zero-order valence-electron chi connectivity index (χ0n) is 8.56. The molecule has 1 aliphatic rings. The summed E-state index contributed by atoms with van der Waals surface area (Å²) >= 11 is 0. The molecular weight excluding hydrogens is 184 g/mol. The average molecular weight is 199 g/mol. The molecule has 0 radical (unpaired) electrons. The minimum Gasteiger partial charge on any atom is -0.261 e. The van der Waals surface area contributed by atoms with Crippen molar-refractivity contribution in [2.24, 2.45) is 10.9 Å². The zero-order valence-corrected chi connectivity index (χ0v) is 8.56. The maximum Gasteiger partial charge on any atom is 0.208 e. The molecule has 0 amide bonds. The van der Waals surface area contributed by atoms with E-state index in [4.69, 9.17) is 0 Å².